The van der Waals surface area contributed by atoms with E-state index in [4.69, 9.17) is 10.00 Å². The number of carbonyl (C=O) groups is 2. The molecule has 104 valence electrons. The zero-order valence-electron chi connectivity index (χ0n) is 10.9. The Morgan fingerprint density at radius 3 is 2.48 bits per heavy atom. The number of hydrogen-bond donors (Lipinski definition) is 0. The van der Waals surface area contributed by atoms with Gasteiger partial charge in [0.2, 0.25) is 0 Å². The molecule has 0 saturated heterocycles. The molecule has 5 heteroatoms. The molecule has 0 aliphatic rings. The molecule has 0 amide bonds. The molecule has 4 nitrogen and oxygen atoms in total. The van der Waals surface area contributed by atoms with Gasteiger partial charge in [0.1, 0.15) is 0 Å². The largest absolute Gasteiger partial charge is 0.454 e. The van der Waals surface area contributed by atoms with Crippen LogP contribution in [0.4, 0.5) is 0 Å². The number of halogens is 1. The van der Waals surface area contributed by atoms with Gasteiger partial charge in [-0.15, -0.1) is 0 Å². The maximum atomic E-state index is 11.9. The third kappa shape index (κ3) is 4.01. The third-order valence-electron chi connectivity index (χ3n) is 2.73. The molecule has 0 radical (unpaired) electrons. The van der Waals surface area contributed by atoms with E-state index in [9.17, 15) is 9.59 Å². The maximum absolute atomic E-state index is 11.9. The normalized spacial score (nSPS) is 9.71. The summed E-state index contributed by atoms with van der Waals surface area (Å²) in [5.74, 6) is -0.912. The van der Waals surface area contributed by atoms with Gasteiger partial charge in [0.15, 0.2) is 12.4 Å². The number of nitrogens with zero attached hydrogens (tertiary/aromatic N) is 1. The van der Waals surface area contributed by atoms with Gasteiger partial charge >= 0.3 is 5.97 Å². The monoisotopic (exact) mass is 343 g/mol. The molecular formula is C16H10BrNO3. The first-order valence-electron chi connectivity index (χ1n) is 6.06. The minimum atomic E-state index is -0.627. The summed E-state index contributed by atoms with van der Waals surface area (Å²) in [6.45, 7) is -0.336. The summed E-state index contributed by atoms with van der Waals surface area (Å²) >= 11 is 3.28. The fourth-order valence-electron chi connectivity index (χ4n) is 1.65. The Balaban J connectivity index is 1.99. The second-order valence-electron chi connectivity index (χ2n) is 4.20. The Kier molecular flexibility index (Phi) is 4.85. The van der Waals surface area contributed by atoms with E-state index < -0.39 is 5.97 Å². The molecule has 0 heterocycles. The number of carbonyl (C=O) groups excluding carboxylic acids is 2. The van der Waals surface area contributed by atoms with Crippen molar-refractivity contribution in [2.45, 2.75) is 0 Å². The van der Waals surface area contributed by atoms with Crippen LogP contribution < -0.4 is 0 Å². The molecule has 21 heavy (non-hydrogen) atoms. The standard InChI is InChI=1S/C16H10BrNO3/c17-14-6-4-12(5-7-14)15(19)10-21-16(20)13-3-1-2-11(8-13)9-18/h1-8H,10H2. The zero-order chi connectivity index (χ0) is 15.2. The molecule has 0 aromatic heterocycles. The number of Topliss-reactive ketones (excluding diaryl/α,β-unsaturated/α-hetero) is 1. The van der Waals surface area contributed by atoms with Crippen LogP contribution in [0.25, 0.3) is 0 Å². The molecule has 2 aromatic carbocycles. The Hall–Kier alpha value is -2.45. The van der Waals surface area contributed by atoms with Crippen LogP contribution >= 0.6 is 15.9 Å². The molecule has 0 unspecified atom stereocenters. The van der Waals surface area contributed by atoms with Crippen LogP contribution in [0, 0.1) is 11.3 Å². The summed E-state index contributed by atoms with van der Waals surface area (Å²) in [5, 5.41) is 8.77. The van der Waals surface area contributed by atoms with Gasteiger partial charge in [-0.2, -0.15) is 5.26 Å². The van der Waals surface area contributed by atoms with Crippen LogP contribution in [0.1, 0.15) is 26.3 Å². The van der Waals surface area contributed by atoms with Crippen molar-refractivity contribution in [2.24, 2.45) is 0 Å². The lowest BCUT2D eigenvalue weighted by molar-refractivity contribution is 0.0474. The van der Waals surface area contributed by atoms with Crippen LogP contribution in [0.2, 0.25) is 0 Å². The Labute approximate surface area is 130 Å². The molecule has 0 fully saturated rings. The van der Waals surface area contributed by atoms with E-state index in [1.165, 1.54) is 12.1 Å². The molecule has 0 aliphatic carbocycles. The number of benzene rings is 2. The van der Waals surface area contributed by atoms with E-state index >= 15 is 0 Å². The summed E-state index contributed by atoms with van der Waals surface area (Å²) in [4.78, 5) is 23.7. The molecular weight excluding hydrogens is 334 g/mol. The average Bonchev–Trinajstić information content (AvgIpc) is 2.53. The van der Waals surface area contributed by atoms with Crippen molar-refractivity contribution in [3.8, 4) is 6.07 Å². The predicted molar refractivity (Wildman–Crippen MR) is 79.9 cm³/mol. The SMILES string of the molecule is N#Cc1cccc(C(=O)OCC(=O)c2ccc(Br)cc2)c1. The smallest absolute Gasteiger partial charge is 0.338 e. The first-order valence-corrected chi connectivity index (χ1v) is 6.85. The van der Waals surface area contributed by atoms with E-state index in [0.717, 1.165) is 4.47 Å². The molecule has 2 aromatic rings. The zero-order valence-corrected chi connectivity index (χ0v) is 12.5. The van der Waals surface area contributed by atoms with Crippen molar-refractivity contribution in [3.05, 3.63) is 69.7 Å². The van der Waals surface area contributed by atoms with E-state index in [1.807, 2.05) is 6.07 Å². The summed E-state index contributed by atoms with van der Waals surface area (Å²) in [6.07, 6.45) is 0. The van der Waals surface area contributed by atoms with Crippen molar-refractivity contribution < 1.29 is 14.3 Å². The average molecular weight is 344 g/mol. The van der Waals surface area contributed by atoms with Crippen LogP contribution in [-0.4, -0.2) is 18.4 Å². The van der Waals surface area contributed by atoms with Gasteiger partial charge in [0, 0.05) is 10.0 Å². The van der Waals surface area contributed by atoms with E-state index in [2.05, 4.69) is 15.9 Å². The van der Waals surface area contributed by atoms with Gasteiger partial charge in [-0.1, -0.05) is 34.1 Å². The second kappa shape index (κ2) is 6.82. The Bertz CT molecular complexity index is 717. The second-order valence-corrected chi connectivity index (χ2v) is 5.11. The van der Waals surface area contributed by atoms with Gasteiger partial charge in [-0.3, -0.25) is 4.79 Å². The Morgan fingerprint density at radius 2 is 1.81 bits per heavy atom. The molecule has 0 spiro atoms. The van der Waals surface area contributed by atoms with Gasteiger partial charge < -0.3 is 4.74 Å². The fourth-order valence-corrected chi connectivity index (χ4v) is 1.91. The number of rotatable bonds is 4. The van der Waals surface area contributed by atoms with Crippen LogP contribution in [0.5, 0.6) is 0 Å². The highest BCUT2D eigenvalue weighted by Crippen LogP contribution is 2.11. The van der Waals surface area contributed by atoms with E-state index in [0.29, 0.717) is 11.1 Å². The molecule has 0 N–H and O–H groups in total. The summed E-state index contributed by atoms with van der Waals surface area (Å²) in [6, 6.07) is 14.9. The highest BCUT2D eigenvalue weighted by atomic mass is 79.9. The summed E-state index contributed by atoms with van der Waals surface area (Å²) in [5.41, 5.74) is 1.08. The lowest BCUT2D eigenvalue weighted by Gasteiger charge is -2.05. The van der Waals surface area contributed by atoms with Crippen LogP contribution in [0.15, 0.2) is 53.0 Å². The summed E-state index contributed by atoms with van der Waals surface area (Å²) < 4.78 is 5.83. The Morgan fingerprint density at radius 1 is 1.10 bits per heavy atom. The summed E-state index contributed by atoms with van der Waals surface area (Å²) in [7, 11) is 0. The maximum Gasteiger partial charge on any atom is 0.338 e. The molecule has 0 aliphatic heterocycles. The fraction of sp³-hybridized carbons (Fsp3) is 0.0625. The van der Waals surface area contributed by atoms with Gasteiger partial charge in [0.25, 0.3) is 0 Å². The molecule has 2 rings (SSSR count). The number of ether oxygens (including phenoxy) is 1. The lowest BCUT2D eigenvalue weighted by atomic mass is 10.1. The molecule has 0 saturated carbocycles. The van der Waals surface area contributed by atoms with Crippen LogP contribution in [0.3, 0.4) is 0 Å². The van der Waals surface area contributed by atoms with Crippen molar-refractivity contribution in [2.75, 3.05) is 6.61 Å². The van der Waals surface area contributed by atoms with Gasteiger partial charge in [0.05, 0.1) is 17.2 Å². The van der Waals surface area contributed by atoms with Gasteiger partial charge in [-0.05, 0) is 30.3 Å². The third-order valence-corrected chi connectivity index (χ3v) is 3.26. The number of nitriles is 1. The number of esters is 1. The van der Waals surface area contributed by atoms with Crippen molar-refractivity contribution in [3.63, 3.8) is 0 Å². The topological polar surface area (TPSA) is 67.2 Å². The van der Waals surface area contributed by atoms with Crippen molar-refractivity contribution in [1.82, 2.24) is 0 Å². The number of ketones is 1. The first kappa shape index (κ1) is 14.9. The minimum Gasteiger partial charge on any atom is -0.454 e. The van der Waals surface area contributed by atoms with Crippen molar-refractivity contribution >= 4 is 27.7 Å². The van der Waals surface area contributed by atoms with E-state index in [-0.39, 0.29) is 18.0 Å². The predicted octanol–water partition coefficient (Wildman–Crippen LogP) is 3.36. The number of hydrogen-bond acceptors (Lipinski definition) is 4. The van der Waals surface area contributed by atoms with E-state index in [1.54, 1.807) is 36.4 Å². The highest BCUT2D eigenvalue weighted by molar-refractivity contribution is 9.10. The first-order chi connectivity index (χ1) is 10.1. The quantitative estimate of drug-likeness (QED) is 0.630. The van der Waals surface area contributed by atoms with Crippen LogP contribution in [-0.2, 0) is 4.74 Å². The van der Waals surface area contributed by atoms with Crippen molar-refractivity contribution in [1.29, 1.82) is 5.26 Å². The van der Waals surface area contributed by atoms with Gasteiger partial charge in [-0.25, -0.2) is 4.79 Å². The minimum absolute atomic E-state index is 0.248. The highest BCUT2D eigenvalue weighted by Gasteiger charge is 2.12. The lowest BCUT2D eigenvalue weighted by Crippen LogP contribution is -2.14. The molecule has 0 bridgehead atoms. The molecule has 0 atom stereocenters.